The van der Waals surface area contributed by atoms with E-state index in [1.54, 1.807) is 0 Å². The summed E-state index contributed by atoms with van der Waals surface area (Å²) in [6.07, 6.45) is 0. The van der Waals surface area contributed by atoms with Gasteiger partial charge in [0.05, 0.1) is 5.39 Å². The summed E-state index contributed by atoms with van der Waals surface area (Å²) in [5.41, 5.74) is 8.50. The summed E-state index contributed by atoms with van der Waals surface area (Å²) < 4.78 is 2.41. The van der Waals surface area contributed by atoms with Gasteiger partial charge >= 0.3 is 0 Å². The Morgan fingerprint density at radius 3 is 1.91 bits per heavy atom. The second kappa shape index (κ2) is 8.03. The second-order valence-electron chi connectivity index (χ2n) is 8.53. The summed E-state index contributed by atoms with van der Waals surface area (Å²) in [6, 6.07) is 45.8. The van der Waals surface area contributed by atoms with E-state index in [1.165, 1.54) is 55.3 Å². The van der Waals surface area contributed by atoms with Crippen molar-refractivity contribution in [3.8, 4) is 28.1 Å². The third-order valence-electron chi connectivity index (χ3n) is 6.39. The maximum absolute atomic E-state index is 2.41. The van der Waals surface area contributed by atoms with Gasteiger partial charge in [0, 0.05) is 35.4 Å². The summed E-state index contributed by atoms with van der Waals surface area (Å²) in [5.74, 6) is 0. The smallest absolute Gasteiger partial charge is 0.153 e. The third kappa shape index (κ3) is 3.39. The fraction of sp³-hybridized carbons (Fsp3) is 0.0312. The summed E-state index contributed by atoms with van der Waals surface area (Å²) in [6.45, 7) is 2.14. The number of benzene rings is 5. The van der Waals surface area contributed by atoms with Gasteiger partial charge in [0.15, 0.2) is 0 Å². The maximum Gasteiger partial charge on any atom is 0.220 e. The van der Waals surface area contributed by atoms with Crippen molar-refractivity contribution in [2.45, 2.75) is 6.92 Å². The fourth-order valence-corrected chi connectivity index (χ4v) is 4.77. The average Bonchev–Trinajstić information content (AvgIpc) is 2.89. The molecule has 0 radical (unpaired) electrons. The van der Waals surface area contributed by atoms with Crippen molar-refractivity contribution < 1.29 is 4.57 Å². The molecule has 0 spiro atoms. The monoisotopic (exact) mass is 422 g/mol. The van der Waals surface area contributed by atoms with Crippen molar-refractivity contribution in [1.82, 2.24) is 0 Å². The molecule has 1 nitrogen and oxygen atoms in total. The Morgan fingerprint density at radius 1 is 0.545 bits per heavy atom. The highest BCUT2D eigenvalue weighted by molar-refractivity contribution is 6.12. The van der Waals surface area contributed by atoms with Gasteiger partial charge in [-0.1, -0.05) is 90.5 Å². The predicted octanol–water partition coefficient (Wildman–Crippen LogP) is 7.91. The van der Waals surface area contributed by atoms with Gasteiger partial charge in [-0.3, -0.25) is 0 Å². The van der Waals surface area contributed by atoms with Crippen molar-refractivity contribution in [1.29, 1.82) is 0 Å². The van der Waals surface area contributed by atoms with Crippen LogP contribution in [0.2, 0.25) is 0 Å². The van der Waals surface area contributed by atoms with E-state index in [-0.39, 0.29) is 0 Å². The molecule has 0 unspecified atom stereocenters. The number of hydrogen-bond donors (Lipinski definition) is 0. The average molecular weight is 423 g/mol. The van der Waals surface area contributed by atoms with Gasteiger partial charge in [-0.05, 0) is 41.5 Å². The van der Waals surface area contributed by atoms with E-state index in [0.717, 1.165) is 0 Å². The number of pyridine rings is 1. The number of nitrogens with zero attached hydrogens (tertiary/aromatic N) is 1. The van der Waals surface area contributed by atoms with Crippen molar-refractivity contribution >= 4 is 21.7 Å². The van der Waals surface area contributed by atoms with Gasteiger partial charge < -0.3 is 0 Å². The Morgan fingerprint density at radius 2 is 1.18 bits per heavy atom. The van der Waals surface area contributed by atoms with Gasteiger partial charge in [0.1, 0.15) is 0 Å². The standard InChI is InChI=1S/C32H24N/c1-23-16-19-27(20-17-23)33-30-21-18-25-12-8-9-15-28(25)32(30)29(24-10-4-2-5-11-24)22-31(33)26-13-6-3-7-14-26/h2-22H,1H3/q+1. The molecule has 6 rings (SSSR count). The molecule has 0 saturated carbocycles. The SMILES string of the molecule is Cc1ccc(-[n+]2c(-c3ccccc3)cc(-c3ccccc3)c3c4ccccc4ccc32)cc1. The van der Waals surface area contributed by atoms with Crippen LogP contribution in [0.5, 0.6) is 0 Å². The van der Waals surface area contributed by atoms with Gasteiger partial charge in [0.25, 0.3) is 0 Å². The number of hydrogen-bond acceptors (Lipinski definition) is 0. The van der Waals surface area contributed by atoms with Gasteiger partial charge in [-0.25, -0.2) is 0 Å². The lowest BCUT2D eigenvalue weighted by Crippen LogP contribution is -2.34. The predicted molar refractivity (Wildman–Crippen MR) is 139 cm³/mol. The first-order chi connectivity index (χ1) is 16.3. The first-order valence-corrected chi connectivity index (χ1v) is 11.4. The number of aryl methyl sites for hydroxylation is 1. The molecule has 1 heteroatoms. The normalized spacial score (nSPS) is 11.2. The molecule has 1 aromatic heterocycles. The Labute approximate surface area is 194 Å². The molecule has 6 aromatic rings. The molecular weight excluding hydrogens is 398 g/mol. The Balaban J connectivity index is 1.83. The number of rotatable bonds is 3. The Bertz CT molecular complexity index is 1580. The van der Waals surface area contributed by atoms with Crippen molar-refractivity contribution in [2.24, 2.45) is 0 Å². The summed E-state index contributed by atoms with van der Waals surface area (Å²) in [4.78, 5) is 0. The van der Waals surface area contributed by atoms with Crippen LogP contribution in [0.1, 0.15) is 5.56 Å². The second-order valence-corrected chi connectivity index (χ2v) is 8.53. The molecule has 5 aromatic carbocycles. The first-order valence-electron chi connectivity index (χ1n) is 11.4. The molecule has 1 heterocycles. The fourth-order valence-electron chi connectivity index (χ4n) is 4.77. The minimum atomic E-state index is 1.17. The molecule has 0 aliphatic heterocycles. The van der Waals surface area contributed by atoms with Crippen LogP contribution in [0.3, 0.4) is 0 Å². The highest BCUT2D eigenvalue weighted by Crippen LogP contribution is 2.36. The van der Waals surface area contributed by atoms with Crippen molar-refractivity contribution in [3.05, 3.63) is 133 Å². The number of aromatic nitrogens is 1. The van der Waals surface area contributed by atoms with Crippen LogP contribution < -0.4 is 4.57 Å². The third-order valence-corrected chi connectivity index (χ3v) is 6.39. The molecule has 0 bridgehead atoms. The zero-order chi connectivity index (χ0) is 22.2. The van der Waals surface area contributed by atoms with E-state index in [9.17, 15) is 0 Å². The van der Waals surface area contributed by atoms with Crippen molar-refractivity contribution in [2.75, 3.05) is 0 Å². The molecule has 33 heavy (non-hydrogen) atoms. The highest BCUT2D eigenvalue weighted by Gasteiger charge is 2.25. The van der Waals surface area contributed by atoms with Crippen LogP contribution in [-0.2, 0) is 0 Å². The van der Waals surface area contributed by atoms with Crippen LogP contribution in [0, 0.1) is 6.92 Å². The molecule has 0 aliphatic rings. The largest absolute Gasteiger partial charge is 0.220 e. The minimum absolute atomic E-state index is 1.17. The van der Waals surface area contributed by atoms with Crippen LogP contribution in [-0.4, -0.2) is 0 Å². The lowest BCUT2D eigenvalue weighted by molar-refractivity contribution is -0.555. The van der Waals surface area contributed by atoms with Crippen molar-refractivity contribution in [3.63, 3.8) is 0 Å². The molecule has 0 atom stereocenters. The summed E-state index contributed by atoms with van der Waals surface area (Å²) in [5, 5.41) is 3.80. The summed E-state index contributed by atoms with van der Waals surface area (Å²) in [7, 11) is 0. The van der Waals surface area contributed by atoms with E-state index in [1.807, 2.05) is 0 Å². The molecule has 156 valence electrons. The maximum atomic E-state index is 2.41. The van der Waals surface area contributed by atoms with Crippen LogP contribution in [0.25, 0.3) is 49.7 Å². The molecule has 0 amide bonds. The Hall–Kier alpha value is -4.23. The zero-order valence-corrected chi connectivity index (χ0v) is 18.6. The Kier molecular flexibility index (Phi) is 4.74. The number of fused-ring (bicyclic) bond motifs is 3. The molecule has 0 aliphatic carbocycles. The van der Waals surface area contributed by atoms with Crippen LogP contribution in [0.15, 0.2) is 127 Å². The molecular formula is C32H24N+. The van der Waals surface area contributed by atoms with Crippen LogP contribution >= 0.6 is 0 Å². The van der Waals surface area contributed by atoms with Gasteiger partial charge in [-0.2, -0.15) is 4.57 Å². The minimum Gasteiger partial charge on any atom is -0.153 e. The highest BCUT2D eigenvalue weighted by atomic mass is 15.0. The van der Waals surface area contributed by atoms with E-state index < -0.39 is 0 Å². The van der Waals surface area contributed by atoms with E-state index in [0.29, 0.717) is 0 Å². The van der Waals surface area contributed by atoms with E-state index in [4.69, 9.17) is 0 Å². The zero-order valence-electron chi connectivity index (χ0n) is 18.6. The van der Waals surface area contributed by atoms with E-state index in [2.05, 4.69) is 139 Å². The molecule has 0 fully saturated rings. The first kappa shape index (κ1) is 19.5. The van der Waals surface area contributed by atoms with E-state index >= 15 is 0 Å². The lowest BCUT2D eigenvalue weighted by atomic mass is 9.93. The topological polar surface area (TPSA) is 3.88 Å². The molecule has 0 N–H and O–H groups in total. The quantitative estimate of drug-likeness (QED) is 0.201. The van der Waals surface area contributed by atoms with Gasteiger partial charge in [0.2, 0.25) is 16.9 Å². The molecule has 0 saturated heterocycles. The van der Waals surface area contributed by atoms with Crippen LogP contribution in [0.4, 0.5) is 0 Å². The van der Waals surface area contributed by atoms with Gasteiger partial charge in [-0.15, -0.1) is 0 Å². The lowest BCUT2D eigenvalue weighted by Gasteiger charge is -2.14. The summed E-state index contributed by atoms with van der Waals surface area (Å²) >= 11 is 0.